The summed E-state index contributed by atoms with van der Waals surface area (Å²) in [5.41, 5.74) is -0.736. The zero-order chi connectivity index (χ0) is 22.7. The molecule has 0 saturated carbocycles. The van der Waals surface area contributed by atoms with Crippen LogP contribution in [-0.4, -0.2) is 48.9 Å². The van der Waals surface area contributed by atoms with E-state index in [4.69, 9.17) is 16.3 Å². The van der Waals surface area contributed by atoms with Crippen molar-refractivity contribution < 1.29 is 22.7 Å². The predicted octanol–water partition coefficient (Wildman–Crippen LogP) is 3.61. The number of benzene rings is 1. The summed E-state index contributed by atoms with van der Waals surface area (Å²) in [5.74, 6) is -1.12. The average molecular weight is 447 g/mol. The lowest BCUT2D eigenvalue weighted by molar-refractivity contribution is -0.143. The van der Waals surface area contributed by atoms with Gasteiger partial charge in [0.05, 0.1) is 10.6 Å². The number of carbonyl (C=O) groups is 2. The van der Waals surface area contributed by atoms with Crippen LogP contribution in [0.4, 0.5) is 0 Å². The van der Waals surface area contributed by atoms with Crippen LogP contribution in [0.5, 0.6) is 0 Å². The highest BCUT2D eigenvalue weighted by atomic mass is 35.5. The first-order chi connectivity index (χ1) is 13.1. The first-order valence-corrected chi connectivity index (χ1v) is 11.3. The largest absolute Gasteiger partial charge is 0.449 e. The van der Waals surface area contributed by atoms with Gasteiger partial charge in [-0.2, -0.15) is 0 Å². The van der Waals surface area contributed by atoms with Gasteiger partial charge in [-0.05, 0) is 73.6 Å². The number of amides is 1. The molecule has 1 aromatic rings. The minimum Gasteiger partial charge on any atom is -0.449 e. The van der Waals surface area contributed by atoms with Crippen LogP contribution in [0.3, 0.4) is 0 Å². The second-order valence-electron chi connectivity index (χ2n) is 8.48. The van der Waals surface area contributed by atoms with Gasteiger partial charge in [-0.1, -0.05) is 11.6 Å². The number of halogens is 1. The molecule has 1 atom stereocenters. The van der Waals surface area contributed by atoms with E-state index >= 15 is 0 Å². The Labute approximate surface area is 178 Å². The van der Waals surface area contributed by atoms with Crippen LogP contribution in [0.15, 0.2) is 23.1 Å². The molecule has 0 saturated heterocycles. The van der Waals surface area contributed by atoms with Gasteiger partial charge >= 0.3 is 5.97 Å². The Kier molecular flexibility index (Phi) is 8.27. The van der Waals surface area contributed by atoms with E-state index in [1.165, 1.54) is 19.1 Å². The van der Waals surface area contributed by atoms with Gasteiger partial charge in [-0.25, -0.2) is 17.9 Å². The number of rotatable bonds is 7. The normalized spacial score (nSPS) is 13.5. The molecule has 0 heterocycles. The quantitative estimate of drug-likeness (QED) is 0.646. The molecule has 0 aliphatic carbocycles. The van der Waals surface area contributed by atoms with Gasteiger partial charge in [-0.15, -0.1) is 0 Å². The monoisotopic (exact) mass is 446 g/mol. The fraction of sp³-hybridized carbons (Fsp3) is 0.600. The minimum atomic E-state index is -3.95. The van der Waals surface area contributed by atoms with Gasteiger partial charge in [0.25, 0.3) is 5.91 Å². The van der Waals surface area contributed by atoms with Crippen LogP contribution in [0.1, 0.15) is 65.7 Å². The molecule has 1 aromatic carbocycles. The molecule has 1 amide bonds. The Balaban J connectivity index is 3.11. The summed E-state index contributed by atoms with van der Waals surface area (Å²) >= 11 is 6.05. The summed E-state index contributed by atoms with van der Waals surface area (Å²) in [6.07, 6.45) is -1.02. The second kappa shape index (κ2) is 9.45. The molecule has 9 heteroatoms. The van der Waals surface area contributed by atoms with Crippen molar-refractivity contribution in [1.82, 2.24) is 9.62 Å². The van der Waals surface area contributed by atoms with E-state index in [0.29, 0.717) is 0 Å². The number of sulfonamides is 1. The van der Waals surface area contributed by atoms with E-state index in [0.717, 1.165) is 6.07 Å². The van der Waals surface area contributed by atoms with Crippen LogP contribution in [0.25, 0.3) is 0 Å². The SMILES string of the molecule is CC(C)N(C(=O)[C@@H](C)OC(=O)c1ccc(Cl)c(S(=O)(=O)NC(C)(C)C)c1)C(C)C. The van der Waals surface area contributed by atoms with Crippen molar-refractivity contribution in [3.63, 3.8) is 0 Å². The van der Waals surface area contributed by atoms with E-state index < -0.39 is 27.6 Å². The Morgan fingerprint density at radius 2 is 1.59 bits per heavy atom. The number of carbonyl (C=O) groups excluding carboxylic acids is 2. The zero-order valence-corrected chi connectivity index (χ0v) is 19.8. The molecule has 1 rings (SSSR count). The van der Waals surface area contributed by atoms with E-state index in [1.54, 1.807) is 25.7 Å². The maximum absolute atomic E-state index is 12.7. The first-order valence-electron chi connectivity index (χ1n) is 9.43. The average Bonchev–Trinajstić information content (AvgIpc) is 2.51. The fourth-order valence-corrected chi connectivity index (χ4v) is 4.83. The van der Waals surface area contributed by atoms with E-state index in [-0.39, 0.29) is 33.5 Å². The third kappa shape index (κ3) is 6.97. The van der Waals surface area contributed by atoms with Gasteiger partial charge < -0.3 is 9.64 Å². The molecule has 164 valence electrons. The molecule has 0 unspecified atom stereocenters. The first kappa shape index (κ1) is 25.4. The highest BCUT2D eigenvalue weighted by molar-refractivity contribution is 7.89. The third-order valence-electron chi connectivity index (χ3n) is 3.90. The highest BCUT2D eigenvalue weighted by Gasteiger charge is 2.29. The minimum absolute atomic E-state index is 0.0102. The van der Waals surface area contributed by atoms with E-state index in [9.17, 15) is 18.0 Å². The molecular weight excluding hydrogens is 416 g/mol. The Hall–Kier alpha value is -1.64. The Bertz CT molecular complexity index is 852. The van der Waals surface area contributed by atoms with Crippen LogP contribution in [-0.2, 0) is 19.6 Å². The number of esters is 1. The number of ether oxygens (including phenoxy) is 1. The molecule has 1 N–H and O–H groups in total. The maximum Gasteiger partial charge on any atom is 0.338 e. The van der Waals surface area contributed by atoms with E-state index in [2.05, 4.69) is 4.72 Å². The molecule has 0 spiro atoms. The summed E-state index contributed by atoms with van der Waals surface area (Å²) in [7, 11) is -3.95. The number of nitrogens with zero attached hydrogens (tertiary/aromatic N) is 1. The zero-order valence-electron chi connectivity index (χ0n) is 18.2. The predicted molar refractivity (Wildman–Crippen MR) is 114 cm³/mol. The van der Waals surface area contributed by atoms with Gasteiger partial charge in [0.2, 0.25) is 10.0 Å². The van der Waals surface area contributed by atoms with Crippen LogP contribution in [0.2, 0.25) is 5.02 Å². The van der Waals surface area contributed by atoms with Crippen molar-refractivity contribution in [2.75, 3.05) is 0 Å². The molecule has 0 radical (unpaired) electrons. The highest BCUT2D eigenvalue weighted by Crippen LogP contribution is 2.24. The molecule has 29 heavy (non-hydrogen) atoms. The van der Waals surface area contributed by atoms with Gasteiger partial charge in [0, 0.05) is 17.6 Å². The lowest BCUT2D eigenvalue weighted by Gasteiger charge is -2.32. The van der Waals surface area contributed by atoms with Crippen LogP contribution < -0.4 is 4.72 Å². The van der Waals surface area contributed by atoms with Crippen LogP contribution in [0, 0.1) is 0 Å². The standard InChI is InChI=1S/C20H31ClN2O5S/c1-12(2)23(13(3)4)18(24)14(5)28-19(25)15-9-10-16(21)17(11-15)29(26,27)22-20(6,7)8/h9-14,22H,1-8H3/t14-/m1/s1. The summed E-state index contributed by atoms with van der Waals surface area (Å²) in [6, 6.07) is 3.72. The van der Waals surface area contributed by atoms with Crippen molar-refractivity contribution in [1.29, 1.82) is 0 Å². The lowest BCUT2D eigenvalue weighted by atomic mass is 10.1. The van der Waals surface area contributed by atoms with Crippen molar-refractivity contribution >= 4 is 33.5 Å². The van der Waals surface area contributed by atoms with Crippen molar-refractivity contribution in [2.45, 2.75) is 84.0 Å². The fourth-order valence-electron chi connectivity index (χ4n) is 2.89. The van der Waals surface area contributed by atoms with Gasteiger partial charge in [0.1, 0.15) is 4.90 Å². The van der Waals surface area contributed by atoms with Gasteiger partial charge in [-0.3, -0.25) is 4.79 Å². The molecule has 0 aliphatic rings. The number of hydrogen-bond acceptors (Lipinski definition) is 5. The second-order valence-corrected chi connectivity index (χ2v) is 10.5. The maximum atomic E-state index is 12.7. The Morgan fingerprint density at radius 1 is 1.07 bits per heavy atom. The summed E-state index contributed by atoms with van der Waals surface area (Å²) in [5, 5.41) is -0.0202. The smallest absolute Gasteiger partial charge is 0.338 e. The van der Waals surface area contributed by atoms with Crippen molar-refractivity contribution in [2.24, 2.45) is 0 Å². The molecular formula is C20H31ClN2O5S. The third-order valence-corrected chi connectivity index (χ3v) is 6.14. The number of hydrogen-bond donors (Lipinski definition) is 1. The van der Waals surface area contributed by atoms with Crippen molar-refractivity contribution in [3.8, 4) is 0 Å². The summed E-state index contributed by atoms with van der Waals surface area (Å²) in [4.78, 5) is 26.6. The number of nitrogens with one attached hydrogen (secondary N) is 1. The summed E-state index contributed by atoms with van der Waals surface area (Å²) < 4.78 is 33.0. The lowest BCUT2D eigenvalue weighted by Crippen LogP contribution is -2.47. The molecule has 0 fully saturated rings. The van der Waals surface area contributed by atoms with E-state index in [1.807, 2.05) is 27.7 Å². The summed E-state index contributed by atoms with van der Waals surface area (Å²) in [6.45, 7) is 14.1. The molecule has 0 bridgehead atoms. The molecule has 0 aromatic heterocycles. The van der Waals surface area contributed by atoms with Gasteiger partial charge in [0.15, 0.2) is 6.10 Å². The Morgan fingerprint density at radius 3 is 2.03 bits per heavy atom. The van der Waals surface area contributed by atoms with Crippen LogP contribution >= 0.6 is 11.6 Å². The molecule has 7 nitrogen and oxygen atoms in total. The topological polar surface area (TPSA) is 92.8 Å². The molecule has 0 aliphatic heterocycles. The van der Waals surface area contributed by atoms with Crippen molar-refractivity contribution in [3.05, 3.63) is 28.8 Å².